The van der Waals surface area contributed by atoms with Crippen molar-refractivity contribution in [2.75, 3.05) is 0 Å². The number of nitrogens with zero attached hydrogens (tertiary/aromatic N) is 1. The van der Waals surface area contributed by atoms with Crippen molar-refractivity contribution in [1.29, 1.82) is 0 Å². The smallest absolute Gasteiger partial charge is 0.184 e. The van der Waals surface area contributed by atoms with E-state index in [1.165, 1.54) is 8.71 Å². The number of hydrogen-bond donors (Lipinski definition) is 0. The molecule has 1 aromatic heterocycles. The van der Waals surface area contributed by atoms with Crippen molar-refractivity contribution in [3.8, 4) is 0 Å². The highest BCUT2D eigenvalue weighted by atomic mass is 127. The van der Waals surface area contributed by atoms with Gasteiger partial charge in [-0.1, -0.05) is 11.3 Å². The molecule has 1 aromatic rings. The van der Waals surface area contributed by atoms with E-state index in [2.05, 4.69) is 46.5 Å². The van der Waals surface area contributed by atoms with Gasteiger partial charge >= 0.3 is 0 Å². The largest absolute Gasteiger partial charge is 0.297 e. The summed E-state index contributed by atoms with van der Waals surface area (Å²) in [6, 6.07) is 0. The molecule has 0 aliphatic carbocycles. The van der Waals surface area contributed by atoms with E-state index >= 15 is 0 Å². The number of hydrogen-bond acceptors (Lipinski definition) is 1. The van der Waals surface area contributed by atoms with Gasteiger partial charge in [-0.05, 0) is 0 Å². The predicted octanol–water partition coefficient (Wildman–Crippen LogP) is 1.49. The monoisotopic (exact) mass is 240 g/mol. The third-order valence-electron chi connectivity index (χ3n) is 1.12. The van der Waals surface area contributed by atoms with Crippen molar-refractivity contribution in [3.63, 3.8) is 0 Å². The molecule has 0 aliphatic rings. The molecule has 0 amide bonds. The maximum atomic E-state index is 2.33. The summed E-state index contributed by atoms with van der Waals surface area (Å²) in [4.78, 5) is 0. The lowest BCUT2D eigenvalue weighted by Gasteiger charge is -1.79. The molecule has 8 heavy (non-hydrogen) atoms. The van der Waals surface area contributed by atoms with Gasteiger partial charge in [0, 0.05) is 6.92 Å². The van der Waals surface area contributed by atoms with Crippen LogP contribution in [0.25, 0.3) is 0 Å². The molecule has 0 saturated heterocycles. The maximum Gasteiger partial charge on any atom is 0.297 e. The van der Waals surface area contributed by atoms with Gasteiger partial charge in [0.05, 0.1) is 28.0 Å². The lowest BCUT2D eigenvalue weighted by Crippen LogP contribution is -2.31. The zero-order chi connectivity index (χ0) is 6.15. The van der Waals surface area contributed by atoms with Crippen molar-refractivity contribution in [2.24, 2.45) is 7.05 Å². The van der Waals surface area contributed by atoms with Crippen molar-refractivity contribution >= 4 is 33.9 Å². The second-order valence-corrected chi connectivity index (χ2v) is 4.30. The molecule has 0 atom stereocenters. The van der Waals surface area contributed by atoms with E-state index in [1.54, 1.807) is 11.3 Å². The summed E-state index contributed by atoms with van der Waals surface area (Å²) < 4.78 is 3.51. The first kappa shape index (κ1) is 6.48. The molecule has 1 heterocycles. The topological polar surface area (TPSA) is 3.88 Å². The van der Waals surface area contributed by atoms with Gasteiger partial charge in [0.1, 0.15) is 7.05 Å². The van der Waals surface area contributed by atoms with Gasteiger partial charge < -0.3 is 0 Å². The fourth-order valence-corrected chi connectivity index (χ4v) is 1.92. The summed E-state index contributed by atoms with van der Waals surface area (Å²) in [6.45, 7) is 2.11. The third kappa shape index (κ3) is 1.02. The fourth-order valence-electron chi connectivity index (χ4n) is 0.431. The van der Waals surface area contributed by atoms with Crippen LogP contribution in [0.2, 0.25) is 0 Å². The third-order valence-corrected chi connectivity index (χ3v) is 3.53. The Bertz CT molecular complexity index is 175. The summed E-state index contributed by atoms with van der Waals surface area (Å²) in [5.74, 6) is 0. The molecule has 0 bridgehead atoms. The second kappa shape index (κ2) is 2.31. The first-order valence-electron chi connectivity index (χ1n) is 2.31. The van der Waals surface area contributed by atoms with E-state index in [-0.39, 0.29) is 0 Å². The molecular formula is C5H7INS+. The molecule has 0 fully saturated rings. The SMILES string of the molecule is Cc1csc(I)[n+]1C. The minimum Gasteiger partial charge on any atom is -0.184 e. The Hall–Kier alpha value is 0.360. The van der Waals surface area contributed by atoms with E-state index in [9.17, 15) is 0 Å². The molecule has 44 valence electrons. The molecule has 0 saturated carbocycles. The standard InChI is InChI=1S/C5H7INS/c1-4-3-8-5(6)7(4)2/h3H,1-2H3/q+1. The van der Waals surface area contributed by atoms with Crippen LogP contribution < -0.4 is 4.57 Å². The average Bonchev–Trinajstić information content (AvgIpc) is 1.98. The molecule has 0 radical (unpaired) electrons. The number of halogens is 1. The lowest BCUT2D eigenvalue weighted by molar-refractivity contribution is -0.684. The number of rotatable bonds is 0. The van der Waals surface area contributed by atoms with Crippen LogP contribution in [-0.4, -0.2) is 0 Å². The van der Waals surface area contributed by atoms with Crippen LogP contribution in [0.4, 0.5) is 0 Å². The van der Waals surface area contributed by atoms with Crippen LogP contribution in [0.3, 0.4) is 0 Å². The lowest BCUT2D eigenvalue weighted by atomic mass is 10.6. The zero-order valence-corrected chi connectivity index (χ0v) is 7.78. The molecule has 3 heteroatoms. The molecule has 1 rings (SSSR count). The maximum absolute atomic E-state index is 2.33. The van der Waals surface area contributed by atoms with Gasteiger partial charge in [-0.15, -0.1) is 0 Å². The summed E-state index contributed by atoms with van der Waals surface area (Å²) in [7, 11) is 2.08. The van der Waals surface area contributed by atoms with Crippen LogP contribution in [0.5, 0.6) is 0 Å². The van der Waals surface area contributed by atoms with Crippen molar-refractivity contribution in [3.05, 3.63) is 14.1 Å². The Morgan fingerprint density at radius 3 is 2.50 bits per heavy atom. The van der Waals surface area contributed by atoms with Crippen molar-refractivity contribution in [2.45, 2.75) is 6.92 Å². The van der Waals surface area contributed by atoms with E-state index < -0.39 is 0 Å². The molecule has 0 aliphatic heterocycles. The van der Waals surface area contributed by atoms with Crippen LogP contribution >= 0.6 is 33.9 Å². The Morgan fingerprint density at radius 1 is 1.75 bits per heavy atom. The van der Waals surface area contributed by atoms with Crippen LogP contribution in [-0.2, 0) is 7.05 Å². The summed E-state index contributed by atoms with van der Waals surface area (Å²) in [6.07, 6.45) is 0. The quantitative estimate of drug-likeness (QED) is 0.477. The first-order valence-corrected chi connectivity index (χ1v) is 4.27. The minimum atomic E-state index is 1.33. The molecule has 0 aromatic carbocycles. The van der Waals surface area contributed by atoms with Gasteiger partial charge in [0.25, 0.3) is 3.01 Å². The van der Waals surface area contributed by atoms with Crippen molar-refractivity contribution < 1.29 is 4.57 Å². The minimum absolute atomic E-state index is 1.33. The molecule has 1 nitrogen and oxygen atoms in total. The normalized spacial score (nSPS) is 9.88. The van der Waals surface area contributed by atoms with E-state index in [4.69, 9.17) is 0 Å². The van der Waals surface area contributed by atoms with Crippen molar-refractivity contribution in [1.82, 2.24) is 0 Å². The van der Waals surface area contributed by atoms with Crippen LogP contribution in [0.1, 0.15) is 5.69 Å². The first-order chi connectivity index (χ1) is 3.72. The summed E-state index contributed by atoms with van der Waals surface area (Å²) in [5.41, 5.74) is 1.33. The van der Waals surface area contributed by atoms with Crippen LogP contribution in [0, 0.1) is 9.94 Å². The predicted molar refractivity (Wildman–Crippen MR) is 42.9 cm³/mol. The number of aryl methyl sites for hydroxylation is 1. The summed E-state index contributed by atoms with van der Waals surface area (Å²) in [5, 5.41) is 2.15. The zero-order valence-electron chi connectivity index (χ0n) is 4.81. The van der Waals surface area contributed by atoms with Gasteiger partial charge in [-0.25, -0.2) is 0 Å². The number of aromatic nitrogens is 1. The highest BCUT2D eigenvalue weighted by molar-refractivity contribution is 14.1. The molecular weight excluding hydrogens is 233 g/mol. The molecule has 0 N–H and O–H groups in total. The summed E-state index contributed by atoms with van der Waals surface area (Å²) >= 11 is 4.11. The Morgan fingerprint density at radius 2 is 2.38 bits per heavy atom. The Labute approximate surface area is 66.5 Å². The molecule has 0 unspecified atom stereocenters. The van der Waals surface area contributed by atoms with Gasteiger partial charge in [0.15, 0.2) is 5.69 Å². The number of thiazole rings is 1. The van der Waals surface area contributed by atoms with Gasteiger partial charge in [-0.3, -0.25) is 0 Å². The van der Waals surface area contributed by atoms with E-state index in [0.29, 0.717) is 0 Å². The Kier molecular flexibility index (Phi) is 1.87. The Balaban J connectivity index is 3.19. The molecule has 0 spiro atoms. The van der Waals surface area contributed by atoms with E-state index in [0.717, 1.165) is 0 Å². The van der Waals surface area contributed by atoms with E-state index in [1.807, 2.05) is 0 Å². The highest BCUT2D eigenvalue weighted by Crippen LogP contribution is 2.07. The second-order valence-electron chi connectivity index (χ2n) is 1.69. The fraction of sp³-hybridized carbons (Fsp3) is 0.400. The van der Waals surface area contributed by atoms with Gasteiger partial charge in [0.2, 0.25) is 0 Å². The van der Waals surface area contributed by atoms with Gasteiger partial charge in [-0.2, -0.15) is 4.57 Å². The average molecular weight is 240 g/mol. The van der Waals surface area contributed by atoms with Crippen LogP contribution in [0.15, 0.2) is 5.38 Å². The highest BCUT2D eigenvalue weighted by Gasteiger charge is 2.06.